The number of para-hydroxylation sites is 1. The fourth-order valence-corrected chi connectivity index (χ4v) is 1.88. The standard InChI is InChI=1S/C13H16N4O3/c14-10(13(19)17-20-7-12(15)18)5-8-6-16-11-4-2-1-3-9(8)11/h1-4,6,10,16H,5,7,14H2,(H2,15,18)(H,17,19). The minimum Gasteiger partial charge on any atom is -0.368 e. The predicted molar refractivity (Wildman–Crippen MR) is 73.3 cm³/mol. The fraction of sp³-hybridized carbons (Fsp3) is 0.231. The normalized spacial score (nSPS) is 12.2. The summed E-state index contributed by atoms with van der Waals surface area (Å²) in [5.74, 6) is -1.17. The van der Waals surface area contributed by atoms with Crippen LogP contribution in [0.3, 0.4) is 0 Å². The Bertz CT molecular complexity index is 623. The van der Waals surface area contributed by atoms with Gasteiger partial charge in [0.15, 0.2) is 6.61 Å². The number of carbonyl (C=O) groups is 2. The lowest BCUT2D eigenvalue weighted by molar-refractivity contribution is -0.138. The van der Waals surface area contributed by atoms with Crippen LogP contribution < -0.4 is 16.9 Å². The molecule has 7 nitrogen and oxygen atoms in total. The molecule has 2 rings (SSSR count). The second kappa shape index (κ2) is 6.18. The number of nitrogens with one attached hydrogen (secondary N) is 2. The summed E-state index contributed by atoms with van der Waals surface area (Å²) in [4.78, 5) is 29.9. The molecule has 1 unspecified atom stereocenters. The van der Waals surface area contributed by atoms with Gasteiger partial charge in [-0.3, -0.25) is 14.4 Å². The second-order valence-corrected chi connectivity index (χ2v) is 4.39. The van der Waals surface area contributed by atoms with Crippen LogP contribution in [0.1, 0.15) is 5.56 Å². The average Bonchev–Trinajstić information content (AvgIpc) is 2.81. The number of fused-ring (bicyclic) bond motifs is 1. The summed E-state index contributed by atoms with van der Waals surface area (Å²) in [7, 11) is 0. The van der Waals surface area contributed by atoms with E-state index < -0.39 is 17.9 Å². The molecule has 2 amide bonds. The predicted octanol–water partition coefficient (Wildman–Crippen LogP) is -0.429. The fourth-order valence-electron chi connectivity index (χ4n) is 1.88. The van der Waals surface area contributed by atoms with Gasteiger partial charge in [-0.05, 0) is 18.1 Å². The van der Waals surface area contributed by atoms with Crippen molar-refractivity contribution in [2.45, 2.75) is 12.5 Å². The lowest BCUT2D eigenvalue weighted by Crippen LogP contribution is -2.42. The van der Waals surface area contributed by atoms with Crippen molar-refractivity contribution >= 4 is 22.7 Å². The summed E-state index contributed by atoms with van der Waals surface area (Å²) in [6, 6.07) is 6.96. The molecule has 1 heterocycles. The molecule has 0 saturated heterocycles. The Balaban J connectivity index is 1.95. The van der Waals surface area contributed by atoms with Gasteiger partial charge in [-0.25, -0.2) is 5.48 Å². The molecule has 20 heavy (non-hydrogen) atoms. The smallest absolute Gasteiger partial charge is 0.260 e. The summed E-state index contributed by atoms with van der Waals surface area (Å²) >= 11 is 0. The highest BCUT2D eigenvalue weighted by Crippen LogP contribution is 2.18. The molecule has 0 saturated carbocycles. The van der Waals surface area contributed by atoms with Gasteiger partial charge in [0.1, 0.15) is 0 Å². The van der Waals surface area contributed by atoms with Gasteiger partial charge in [-0.15, -0.1) is 0 Å². The van der Waals surface area contributed by atoms with Crippen LogP contribution in [0.4, 0.5) is 0 Å². The quantitative estimate of drug-likeness (QED) is 0.534. The van der Waals surface area contributed by atoms with Gasteiger partial charge in [-0.2, -0.15) is 0 Å². The van der Waals surface area contributed by atoms with Gasteiger partial charge in [-0.1, -0.05) is 18.2 Å². The molecule has 1 atom stereocenters. The summed E-state index contributed by atoms with van der Waals surface area (Å²) in [6.07, 6.45) is 2.18. The molecule has 1 aromatic heterocycles. The Morgan fingerprint density at radius 1 is 1.35 bits per heavy atom. The number of hydroxylamine groups is 1. The molecule has 1 aromatic carbocycles. The zero-order valence-electron chi connectivity index (χ0n) is 10.8. The Hall–Kier alpha value is -2.38. The summed E-state index contributed by atoms with van der Waals surface area (Å²) < 4.78 is 0. The number of hydrogen-bond donors (Lipinski definition) is 4. The molecular weight excluding hydrogens is 260 g/mol. The van der Waals surface area contributed by atoms with Crippen LogP contribution >= 0.6 is 0 Å². The number of hydrogen-bond acceptors (Lipinski definition) is 4. The molecule has 0 aliphatic heterocycles. The number of aromatic nitrogens is 1. The van der Waals surface area contributed by atoms with Crippen molar-refractivity contribution in [1.82, 2.24) is 10.5 Å². The van der Waals surface area contributed by atoms with Crippen LogP contribution in [0.5, 0.6) is 0 Å². The zero-order valence-corrected chi connectivity index (χ0v) is 10.8. The van der Waals surface area contributed by atoms with Gasteiger partial charge < -0.3 is 16.5 Å². The Morgan fingerprint density at radius 2 is 2.10 bits per heavy atom. The first-order valence-corrected chi connectivity index (χ1v) is 6.08. The molecule has 106 valence electrons. The third-order valence-electron chi connectivity index (χ3n) is 2.84. The monoisotopic (exact) mass is 276 g/mol. The molecule has 6 N–H and O–H groups in total. The molecule has 0 aliphatic rings. The molecule has 0 aliphatic carbocycles. The van der Waals surface area contributed by atoms with E-state index in [2.05, 4.69) is 15.3 Å². The van der Waals surface area contributed by atoms with Crippen LogP contribution in [0.25, 0.3) is 10.9 Å². The SMILES string of the molecule is NC(=O)CONC(=O)C(N)Cc1c[nH]c2ccccc12. The highest BCUT2D eigenvalue weighted by atomic mass is 16.7. The van der Waals surface area contributed by atoms with E-state index in [1.165, 1.54) is 0 Å². The van der Waals surface area contributed by atoms with Crippen LogP contribution in [0.15, 0.2) is 30.5 Å². The molecule has 0 radical (unpaired) electrons. The molecule has 0 spiro atoms. The number of benzene rings is 1. The van der Waals surface area contributed by atoms with E-state index in [9.17, 15) is 9.59 Å². The molecule has 2 aromatic rings. The van der Waals surface area contributed by atoms with Crippen LogP contribution in [0.2, 0.25) is 0 Å². The van der Waals surface area contributed by atoms with Crippen molar-refractivity contribution in [3.05, 3.63) is 36.0 Å². The molecule has 0 fully saturated rings. The van der Waals surface area contributed by atoms with Gasteiger partial charge in [0.25, 0.3) is 5.91 Å². The summed E-state index contributed by atoms with van der Waals surface area (Å²) in [5, 5.41) is 1.02. The van der Waals surface area contributed by atoms with E-state index in [1.807, 2.05) is 30.5 Å². The first-order valence-electron chi connectivity index (χ1n) is 6.08. The van der Waals surface area contributed by atoms with E-state index in [0.29, 0.717) is 6.42 Å². The van der Waals surface area contributed by atoms with Crippen molar-refractivity contribution in [3.8, 4) is 0 Å². The van der Waals surface area contributed by atoms with Crippen LogP contribution in [0, 0.1) is 0 Å². The number of carbonyl (C=O) groups excluding carboxylic acids is 2. The highest BCUT2D eigenvalue weighted by molar-refractivity contribution is 5.85. The molecular formula is C13H16N4O3. The van der Waals surface area contributed by atoms with Crippen molar-refractivity contribution in [3.63, 3.8) is 0 Å². The van der Waals surface area contributed by atoms with E-state index in [-0.39, 0.29) is 6.61 Å². The van der Waals surface area contributed by atoms with E-state index in [1.54, 1.807) is 0 Å². The number of primary amides is 1. The largest absolute Gasteiger partial charge is 0.368 e. The van der Waals surface area contributed by atoms with Gasteiger partial charge in [0, 0.05) is 17.1 Å². The van der Waals surface area contributed by atoms with Crippen molar-refractivity contribution < 1.29 is 14.4 Å². The van der Waals surface area contributed by atoms with E-state index >= 15 is 0 Å². The third-order valence-corrected chi connectivity index (χ3v) is 2.84. The first kappa shape index (κ1) is 14.0. The van der Waals surface area contributed by atoms with Crippen molar-refractivity contribution in [2.75, 3.05) is 6.61 Å². The first-order chi connectivity index (χ1) is 9.58. The van der Waals surface area contributed by atoms with Crippen molar-refractivity contribution in [1.29, 1.82) is 0 Å². The van der Waals surface area contributed by atoms with Gasteiger partial charge >= 0.3 is 0 Å². The molecule has 7 heteroatoms. The molecule has 0 bridgehead atoms. The second-order valence-electron chi connectivity index (χ2n) is 4.39. The number of rotatable bonds is 6. The van der Waals surface area contributed by atoms with Crippen molar-refractivity contribution in [2.24, 2.45) is 11.5 Å². The zero-order chi connectivity index (χ0) is 14.5. The Morgan fingerprint density at radius 3 is 2.85 bits per heavy atom. The van der Waals surface area contributed by atoms with Gasteiger partial charge in [0.2, 0.25) is 5.91 Å². The maximum Gasteiger partial charge on any atom is 0.260 e. The number of nitrogens with two attached hydrogens (primary N) is 2. The van der Waals surface area contributed by atoms with Crippen LogP contribution in [-0.4, -0.2) is 29.4 Å². The van der Waals surface area contributed by atoms with E-state index in [0.717, 1.165) is 16.5 Å². The van der Waals surface area contributed by atoms with Gasteiger partial charge in [0.05, 0.1) is 6.04 Å². The Labute approximate surface area is 115 Å². The minimum absolute atomic E-state index is 0.357. The highest BCUT2D eigenvalue weighted by Gasteiger charge is 2.16. The van der Waals surface area contributed by atoms with Crippen LogP contribution in [-0.2, 0) is 20.8 Å². The number of H-pyrrole nitrogens is 1. The number of aromatic amines is 1. The third kappa shape index (κ3) is 3.34. The summed E-state index contributed by atoms with van der Waals surface area (Å²) in [5.41, 5.74) is 14.7. The van der Waals surface area contributed by atoms with E-state index in [4.69, 9.17) is 11.5 Å². The lowest BCUT2D eigenvalue weighted by Gasteiger charge is -2.11. The lowest BCUT2D eigenvalue weighted by atomic mass is 10.1. The average molecular weight is 276 g/mol. The summed E-state index contributed by atoms with van der Waals surface area (Å²) in [6.45, 7) is -0.383. The minimum atomic E-state index is -0.776. The Kier molecular flexibility index (Phi) is 4.34. The maximum absolute atomic E-state index is 11.7. The number of amides is 2. The maximum atomic E-state index is 11.7. The topological polar surface area (TPSA) is 123 Å².